The molecule has 0 saturated carbocycles. The third kappa shape index (κ3) is 6.23. The largest absolute Gasteiger partial charge is 0.492 e. The fourth-order valence-corrected chi connectivity index (χ4v) is 5.15. The Kier molecular flexibility index (Phi) is 7.91. The SMILES string of the molecule is CCc1ccc(-c2nc3c(N4CCN(CCOc5ccc(NC(=O)c6cccnc6)cc5)CC4)cccc3[nH]2)cc1. The highest BCUT2D eigenvalue weighted by Crippen LogP contribution is 2.29. The van der Waals surface area contributed by atoms with E-state index >= 15 is 0 Å². The van der Waals surface area contributed by atoms with E-state index in [1.165, 1.54) is 11.3 Å². The third-order valence-corrected chi connectivity index (χ3v) is 7.55. The number of aromatic nitrogens is 3. The van der Waals surface area contributed by atoms with E-state index in [9.17, 15) is 4.79 Å². The van der Waals surface area contributed by atoms with Crippen molar-refractivity contribution < 1.29 is 9.53 Å². The number of hydrogen-bond donors (Lipinski definition) is 2. The maximum absolute atomic E-state index is 12.3. The molecule has 5 aromatic rings. The first-order valence-electron chi connectivity index (χ1n) is 14.2. The van der Waals surface area contributed by atoms with Gasteiger partial charge in [-0.2, -0.15) is 0 Å². The first-order valence-corrected chi connectivity index (χ1v) is 14.2. The van der Waals surface area contributed by atoms with E-state index in [1.54, 1.807) is 24.5 Å². The number of H-pyrrole nitrogens is 1. The molecule has 1 aliphatic rings. The normalized spacial score (nSPS) is 13.8. The van der Waals surface area contributed by atoms with E-state index in [4.69, 9.17) is 9.72 Å². The molecule has 8 nitrogen and oxygen atoms in total. The third-order valence-electron chi connectivity index (χ3n) is 7.55. The molecule has 41 heavy (non-hydrogen) atoms. The number of pyridine rings is 1. The predicted molar refractivity (Wildman–Crippen MR) is 164 cm³/mol. The molecule has 1 amide bonds. The van der Waals surface area contributed by atoms with Gasteiger partial charge >= 0.3 is 0 Å². The number of amides is 1. The standard InChI is InChI=1S/C33H34N6O2/c1-2-24-8-10-25(11-9-24)32-36-29-6-3-7-30(31(29)37-32)39-19-17-38(18-20-39)21-22-41-28-14-12-27(13-15-28)35-33(40)26-5-4-16-34-23-26/h3-16,23H,2,17-22H2,1H3,(H,35,40)(H,36,37). The van der Waals surface area contributed by atoms with E-state index in [0.29, 0.717) is 12.2 Å². The van der Waals surface area contributed by atoms with Crippen LogP contribution < -0.4 is 15.0 Å². The number of rotatable bonds is 9. The highest BCUT2D eigenvalue weighted by atomic mass is 16.5. The molecule has 8 heteroatoms. The second kappa shape index (κ2) is 12.2. The van der Waals surface area contributed by atoms with Crippen molar-refractivity contribution in [3.63, 3.8) is 0 Å². The van der Waals surface area contributed by atoms with E-state index in [2.05, 4.69) is 74.5 Å². The Labute approximate surface area is 240 Å². The number of nitrogens with zero attached hydrogens (tertiary/aromatic N) is 4. The molecule has 0 aliphatic carbocycles. The Hall–Kier alpha value is -4.69. The van der Waals surface area contributed by atoms with Crippen molar-refractivity contribution >= 4 is 28.3 Å². The van der Waals surface area contributed by atoms with E-state index in [0.717, 1.165) is 73.0 Å². The summed E-state index contributed by atoms with van der Waals surface area (Å²) in [6.45, 7) is 7.46. The number of ether oxygens (including phenoxy) is 1. The van der Waals surface area contributed by atoms with Crippen LogP contribution in [0.1, 0.15) is 22.8 Å². The molecule has 3 aromatic carbocycles. The lowest BCUT2D eigenvalue weighted by molar-refractivity contribution is 0.102. The highest BCUT2D eigenvalue weighted by Gasteiger charge is 2.20. The Morgan fingerprint density at radius 1 is 0.951 bits per heavy atom. The molecule has 1 aliphatic heterocycles. The molecule has 208 valence electrons. The number of para-hydroxylation sites is 1. The number of carbonyl (C=O) groups excluding carboxylic acids is 1. The number of piperazine rings is 1. The summed E-state index contributed by atoms with van der Waals surface area (Å²) in [5.74, 6) is 1.51. The number of imidazole rings is 1. The van der Waals surface area contributed by atoms with Crippen molar-refractivity contribution in [2.24, 2.45) is 0 Å². The van der Waals surface area contributed by atoms with Crippen LogP contribution in [0.15, 0.2) is 91.3 Å². The van der Waals surface area contributed by atoms with Gasteiger partial charge in [-0.25, -0.2) is 4.98 Å². The number of hydrogen-bond acceptors (Lipinski definition) is 6. The summed E-state index contributed by atoms with van der Waals surface area (Å²) in [5, 5.41) is 2.88. The van der Waals surface area contributed by atoms with Crippen molar-refractivity contribution in [1.82, 2.24) is 19.9 Å². The van der Waals surface area contributed by atoms with Crippen molar-refractivity contribution in [2.45, 2.75) is 13.3 Å². The first kappa shape index (κ1) is 26.5. The van der Waals surface area contributed by atoms with Gasteiger partial charge in [-0.3, -0.25) is 14.7 Å². The van der Waals surface area contributed by atoms with Gasteiger partial charge in [0.05, 0.1) is 16.8 Å². The average molecular weight is 547 g/mol. The van der Waals surface area contributed by atoms with Crippen molar-refractivity contribution in [2.75, 3.05) is 49.5 Å². The topological polar surface area (TPSA) is 86.4 Å². The van der Waals surface area contributed by atoms with Gasteiger partial charge in [0.15, 0.2) is 0 Å². The lowest BCUT2D eigenvalue weighted by atomic mass is 10.1. The van der Waals surface area contributed by atoms with Gasteiger partial charge in [-0.15, -0.1) is 0 Å². The Morgan fingerprint density at radius 2 is 1.76 bits per heavy atom. The van der Waals surface area contributed by atoms with E-state index in [1.807, 2.05) is 24.3 Å². The second-order valence-electron chi connectivity index (χ2n) is 10.2. The fourth-order valence-electron chi connectivity index (χ4n) is 5.15. The maximum Gasteiger partial charge on any atom is 0.257 e. The number of aryl methyl sites for hydroxylation is 1. The zero-order chi connectivity index (χ0) is 28.0. The van der Waals surface area contributed by atoms with Gasteiger partial charge in [0, 0.05) is 56.4 Å². The number of benzene rings is 3. The zero-order valence-electron chi connectivity index (χ0n) is 23.2. The summed E-state index contributed by atoms with van der Waals surface area (Å²) >= 11 is 0. The Morgan fingerprint density at radius 3 is 2.49 bits per heavy atom. The maximum atomic E-state index is 12.3. The van der Waals surface area contributed by atoms with Crippen LogP contribution in [0, 0.1) is 0 Å². The van der Waals surface area contributed by atoms with E-state index in [-0.39, 0.29) is 5.91 Å². The fraction of sp³-hybridized carbons (Fsp3) is 0.242. The van der Waals surface area contributed by atoms with Crippen molar-refractivity contribution in [1.29, 1.82) is 0 Å². The number of carbonyl (C=O) groups is 1. The summed E-state index contributed by atoms with van der Waals surface area (Å²) in [4.78, 5) is 29.7. The zero-order valence-corrected chi connectivity index (χ0v) is 23.2. The molecule has 0 unspecified atom stereocenters. The molecule has 0 spiro atoms. The average Bonchev–Trinajstić information content (AvgIpc) is 3.47. The molecule has 2 aromatic heterocycles. The van der Waals surface area contributed by atoms with Crippen LogP contribution in [0.2, 0.25) is 0 Å². The molecular weight excluding hydrogens is 512 g/mol. The monoisotopic (exact) mass is 546 g/mol. The van der Waals surface area contributed by atoms with Gasteiger partial charge in [0.2, 0.25) is 0 Å². The molecule has 0 atom stereocenters. The van der Waals surface area contributed by atoms with Crippen molar-refractivity contribution in [3.05, 3.63) is 102 Å². The minimum atomic E-state index is -0.184. The smallest absolute Gasteiger partial charge is 0.257 e. The van der Waals surface area contributed by atoms with Crippen LogP contribution in [-0.4, -0.2) is 65.1 Å². The summed E-state index contributed by atoms with van der Waals surface area (Å²) in [7, 11) is 0. The quantitative estimate of drug-likeness (QED) is 0.249. The molecule has 0 radical (unpaired) electrons. The number of aromatic amines is 1. The number of fused-ring (bicyclic) bond motifs is 1. The first-order chi connectivity index (χ1) is 20.2. The van der Waals surface area contributed by atoms with Crippen LogP contribution in [0.4, 0.5) is 11.4 Å². The minimum Gasteiger partial charge on any atom is -0.492 e. The minimum absolute atomic E-state index is 0.184. The summed E-state index contributed by atoms with van der Waals surface area (Å²) < 4.78 is 5.99. The molecule has 3 heterocycles. The van der Waals surface area contributed by atoms with Crippen LogP contribution >= 0.6 is 0 Å². The lowest BCUT2D eigenvalue weighted by Crippen LogP contribution is -2.47. The molecule has 1 fully saturated rings. The van der Waals surface area contributed by atoms with Crippen LogP contribution in [0.25, 0.3) is 22.4 Å². The van der Waals surface area contributed by atoms with Crippen LogP contribution in [-0.2, 0) is 6.42 Å². The summed E-state index contributed by atoms with van der Waals surface area (Å²) in [6.07, 6.45) is 4.23. The van der Waals surface area contributed by atoms with Gasteiger partial charge < -0.3 is 19.9 Å². The van der Waals surface area contributed by atoms with Crippen LogP contribution in [0.3, 0.4) is 0 Å². The molecular formula is C33H34N6O2. The number of anilines is 2. The second-order valence-corrected chi connectivity index (χ2v) is 10.2. The van der Waals surface area contributed by atoms with Gasteiger partial charge in [0.25, 0.3) is 5.91 Å². The summed E-state index contributed by atoms with van der Waals surface area (Å²) in [5.41, 5.74) is 6.95. The molecule has 6 rings (SSSR count). The Bertz CT molecular complexity index is 1590. The van der Waals surface area contributed by atoms with Gasteiger partial charge in [0.1, 0.15) is 23.7 Å². The van der Waals surface area contributed by atoms with Gasteiger partial charge in [-0.1, -0.05) is 37.3 Å². The summed E-state index contributed by atoms with van der Waals surface area (Å²) in [6, 6.07) is 26.0. The molecule has 1 saturated heterocycles. The van der Waals surface area contributed by atoms with E-state index < -0.39 is 0 Å². The Balaban J connectivity index is 0.994. The van der Waals surface area contributed by atoms with Crippen molar-refractivity contribution in [3.8, 4) is 17.1 Å². The lowest BCUT2D eigenvalue weighted by Gasteiger charge is -2.36. The predicted octanol–water partition coefficient (Wildman–Crippen LogP) is 5.64. The van der Waals surface area contributed by atoms with Crippen LogP contribution in [0.5, 0.6) is 5.75 Å². The molecule has 0 bridgehead atoms. The molecule has 2 N–H and O–H groups in total. The van der Waals surface area contributed by atoms with Gasteiger partial charge in [-0.05, 0) is 60.5 Å². The number of nitrogens with one attached hydrogen (secondary N) is 2. The highest BCUT2D eigenvalue weighted by molar-refractivity contribution is 6.04.